The predicted molar refractivity (Wildman–Crippen MR) is 130 cm³/mol. The van der Waals surface area contributed by atoms with Crippen molar-refractivity contribution in [3.63, 3.8) is 0 Å². The lowest BCUT2D eigenvalue weighted by atomic mass is 10.1. The molecule has 9 nitrogen and oxygen atoms in total. The fourth-order valence-corrected chi connectivity index (χ4v) is 4.32. The van der Waals surface area contributed by atoms with Gasteiger partial charge in [-0.05, 0) is 39.0 Å². The summed E-state index contributed by atoms with van der Waals surface area (Å²) in [5.74, 6) is -0.0499. The monoisotopic (exact) mass is 497 g/mol. The highest BCUT2D eigenvalue weighted by molar-refractivity contribution is 6.30. The van der Waals surface area contributed by atoms with E-state index in [0.717, 1.165) is 17.0 Å². The van der Waals surface area contributed by atoms with Crippen LogP contribution in [0.2, 0.25) is 5.02 Å². The molecule has 11 heteroatoms. The fraction of sp³-hybridized carbons (Fsp3) is 0.375. The molecule has 3 aromatic heterocycles. The summed E-state index contributed by atoms with van der Waals surface area (Å²) in [6.07, 6.45) is 3.33. The second-order valence-electron chi connectivity index (χ2n) is 8.63. The summed E-state index contributed by atoms with van der Waals surface area (Å²) in [5.41, 5.74) is 3.93. The maximum Gasteiger partial charge on any atom is 0.228 e. The normalized spacial score (nSPS) is 18.4. The van der Waals surface area contributed by atoms with E-state index < -0.39 is 5.82 Å². The summed E-state index contributed by atoms with van der Waals surface area (Å²) in [7, 11) is 1.62. The van der Waals surface area contributed by atoms with Gasteiger partial charge in [0.2, 0.25) is 5.95 Å². The predicted octanol–water partition coefficient (Wildman–Crippen LogP) is 4.26. The molecular formula is C24H25ClFN7O2. The number of nitrogens with zero attached hydrogens (tertiary/aromatic N) is 7. The molecule has 1 aromatic carbocycles. The Morgan fingerprint density at radius 3 is 2.71 bits per heavy atom. The topological polar surface area (TPSA) is 91.1 Å². The third-order valence-electron chi connectivity index (χ3n) is 5.95. The molecule has 2 atom stereocenters. The standard InChI is InChI=1S/C24H25ClFN7O2/c1-13-9-32(11-20(35-13)16-8-27-33(10-16)12-34-4)24-30-21(18-6-5-17(25)7-19(18)26)22-23(31-24)29-15(3)14(2)28-22/h5-8,10,13,20H,9,11-12H2,1-4H3/t13-,20+/m1/s1. The van der Waals surface area contributed by atoms with Crippen LogP contribution in [0, 0.1) is 19.7 Å². The van der Waals surface area contributed by atoms with Gasteiger partial charge in [-0.3, -0.25) is 0 Å². The highest BCUT2D eigenvalue weighted by Gasteiger charge is 2.30. The average Bonchev–Trinajstić information content (AvgIpc) is 3.28. The molecule has 35 heavy (non-hydrogen) atoms. The highest BCUT2D eigenvalue weighted by atomic mass is 35.5. The molecule has 0 saturated carbocycles. The van der Waals surface area contributed by atoms with Crippen molar-refractivity contribution in [3.05, 3.63) is 58.4 Å². The smallest absolute Gasteiger partial charge is 0.228 e. The molecule has 0 spiro atoms. The minimum absolute atomic E-state index is 0.0969. The first-order chi connectivity index (χ1) is 16.8. The molecule has 0 N–H and O–H groups in total. The van der Waals surface area contributed by atoms with Crippen molar-refractivity contribution in [3.8, 4) is 11.3 Å². The summed E-state index contributed by atoms with van der Waals surface area (Å²) in [4.78, 5) is 20.8. The molecule has 0 bridgehead atoms. The molecular weight excluding hydrogens is 473 g/mol. The minimum atomic E-state index is -0.484. The number of benzene rings is 1. The minimum Gasteiger partial charge on any atom is -0.367 e. The number of hydrogen-bond donors (Lipinski definition) is 0. The Morgan fingerprint density at radius 2 is 1.94 bits per heavy atom. The highest BCUT2D eigenvalue weighted by Crippen LogP contribution is 2.32. The van der Waals surface area contributed by atoms with E-state index in [4.69, 9.17) is 31.0 Å². The summed E-state index contributed by atoms with van der Waals surface area (Å²) < 4.78 is 28.0. The van der Waals surface area contributed by atoms with Crippen molar-refractivity contribution in [2.45, 2.75) is 39.7 Å². The number of aryl methyl sites for hydroxylation is 2. The van der Waals surface area contributed by atoms with E-state index in [1.807, 2.05) is 31.9 Å². The van der Waals surface area contributed by atoms with Gasteiger partial charge in [0, 0.05) is 36.0 Å². The summed E-state index contributed by atoms with van der Waals surface area (Å²) in [6, 6.07) is 4.51. The number of methoxy groups -OCH3 is 1. The second-order valence-corrected chi connectivity index (χ2v) is 9.07. The van der Waals surface area contributed by atoms with Crippen molar-refractivity contribution in [1.82, 2.24) is 29.7 Å². The Labute approximate surface area is 206 Å². The van der Waals surface area contributed by atoms with Gasteiger partial charge >= 0.3 is 0 Å². The van der Waals surface area contributed by atoms with Gasteiger partial charge in [-0.1, -0.05) is 11.6 Å². The fourth-order valence-electron chi connectivity index (χ4n) is 4.16. The van der Waals surface area contributed by atoms with E-state index in [2.05, 4.69) is 15.1 Å². The van der Waals surface area contributed by atoms with Crippen LogP contribution in [0.5, 0.6) is 0 Å². The number of anilines is 1. The van der Waals surface area contributed by atoms with Gasteiger partial charge in [0.05, 0.1) is 30.2 Å². The molecule has 0 unspecified atom stereocenters. The molecule has 1 saturated heterocycles. The number of rotatable bonds is 5. The number of morpholine rings is 1. The largest absolute Gasteiger partial charge is 0.367 e. The molecule has 0 radical (unpaired) electrons. The lowest BCUT2D eigenvalue weighted by Crippen LogP contribution is -2.43. The summed E-state index contributed by atoms with van der Waals surface area (Å²) in [6.45, 7) is 7.14. The third-order valence-corrected chi connectivity index (χ3v) is 6.18. The summed E-state index contributed by atoms with van der Waals surface area (Å²) in [5, 5.41) is 4.63. The molecule has 4 heterocycles. The van der Waals surface area contributed by atoms with Gasteiger partial charge < -0.3 is 14.4 Å². The van der Waals surface area contributed by atoms with E-state index >= 15 is 0 Å². The Balaban J connectivity index is 1.59. The molecule has 0 aliphatic carbocycles. The maximum atomic E-state index is 15.0. The zero-order valence-corrected chi connectivity index (χ0v) is 20.6. The van der Waals surface area contributed by atoms with Crippen molar-refractivity contribution >= 4 is 28.7 Å². The van der Waals surface area contributed by atoms with Gasteiger partial charge in [0.25, 0.3) is 0 Å². The summed E-state index contributed by atoms with van der Waals surface area (Å²) >= 11 is 6.00. The van der Waals surface area contributed by atoms with Crippen molar-refractivity contribution in [2.75, 3.05) is 25.1 Å². The van der Waals surface area contributed by atoms with Gasteiger partial charge in [-0.25, -0.2) is 24.0 Å². The Bertz CT molecular complexity index is 1400. The number of fused-ring (bicyclic) bond motifs is 1. The van der Waals surface area contributed by atoms with Crippen LogP contribution in [0.3, 0.4) is 0 Å². The molecule has 5 rings (SSSR count). The molecule has 1 aliphatic rings. The zero-order valence-electron chi connectivity index (χ0n) is 19.9. The molecule has 182 valence electrons. The average molecular weight is 498 g/mol. The van der Waals surface area contributed by atoms with Crippen LogP contribution >= 0.6 is 11.6 Å². The Hall–Kier alpha value is -3.21. The number of ether oxygens (including phenoxy) is 2. The van der Waals surface area contributed by atoms with Gasteiger partial charge in [0.15, 0.2) is 5.65 Å². The number of halogens is 2. The van der Waals surface area contributed by atoms with E-state index in [0.29, 0.717) is 53.2 Å². The Kier molecular flexibility index (Phi) is 6.35. The van der Waals surface area contributed by atoms with Crippen LogP contribution in [0.15, 0.2) is 30.6 Å². The third kappa shape index (κ3) is 4.69. The molecule has 0 amide bonds. The lowest BCUT2D eigenvalue weighted by Gasteiger charge is -2.36. The first-order valence-electron chi connectivity index (χ1n) is 11.2. The van der Waals surface area contributed by atoms with E-state index in [-0.39, 0.29) is 12.2 Å². The van der Waals surface area contributed by atoms with Crippen molar-refractivity contribution < 1.29 is 13.9 Å². The quantitative estimate of drug-likeness (QED) is 0.404. The van der Waals surface area contributed by atoms with Gasteiger partial charge in [0.1, 0.15) is 29.9 Å². The number of hydrogen-bond acceptors (Lipinski definition) is 8. The maximum absolute atomic E-state index is 15.0. The number of aromatic nitrogens is 6. The van der Waals surface area contributed by atoms with E-state index in [1.54, 1.807) is 30.1 Å². The SMILES string of the molecule is COCn1cc([C@@H]2CN(c3nc(-c4ccc(Cl)cc4F)c4nc(C)c(C)nc4n3)C[C@@H](C)O2)cn1. The molecule has 1 aliphatic heterocycles. The van der Waals surface area contributed by atoms with Crippen LogP contribution in [0.1, 0.15) is 30.0 Å². The first-order valence-corrected chi connectivity index (χ1v) is 11.6. The van der Waals surface area contributed by atoms with Gasteiger partial charge in [-0.2, -0.15) is 10.1 Å². The van der Waals surface area contributed by atoms with Crippen LogP contribution in [0.4, 0.5) is 10.3 Å². The van der Waals surface area contributed by atoms with Crippen LogP contribution in [-0.2, 0) is 16.2 Å². The van der Waals surface area contributed by atoms with Crippen molar-refractivity contribution in [2.24, 2.45) is 0 Å². The van der Waals surface area contributed by atoms with Crippen LogP contribution in [0.25, 0.3) is 22.4 Å². The van der Waals surface area contributed by atoms with Gasteiger partial charge in [-0.15, -0.1) is 0 Å². The molecule has 4 aromatic rings. The van der Waals surface area contributed by atoms with Crippen LogP contribution in [-0.4, -0.2) is 56.0 Å². The molecule has 1 fully saturated rings. The van der Waals surface area contributed by atoms with Crippen molar-refractivity contribution in [1.29, 1.82) is 0 Å². The Morgan fingerprint density at radius 1 is 1.14 bits per heavy atom. The zero-order chi connectivity index (χ0) is 24.7. The van der Waals surface area contributed by atoms with Crippen LogP contribution < -0.4 is 4.90 Å². The second kappa shape index (κ2) is 9.44. The lowest BCUT2D eigenvalue weighted by molar-refractivity contribution is -0.0179. The first kappa shape index (κ1) is 23.5. The van der Waals surface area contributed by atoms with E-state index in [9.17, 15) is 4.39 Å². The van der Waals surface area contributed by atoms with E-state index in [1.165, 1.54) is 6.07 Å².